The van der Waals surface area contributed by atoms with Crippen LogP contribution < -0.4 is 19.5 Å². The highest BCUT2D eigenvalue weighted by Crippen LogP contribution is 2.33. The van der Waals surface area contributed by atoms with Crippen LogP contribution in [0, 0.1) is 0 Å². The molecule has 1 N–H and O–H groups in total. The van der Waals surface area contributed by atoms with Gasteiger partial charge in [0.1, 0.15) is 19.0 Å². The van der Waals surface area contributed by atoms with Crippen LogP contribution in [0.25, 0.3) is 0 Å². The Hall–Kier alpha value is -2.40. The number of nitrogens with one attached hydrogen (secondary N) is 1. The van der Waals surface area contributed by atoms with Crippen molar-refractivity contribution in [3.63, 3.8) is 0 Å². The summed E-state index contributed by atoms with van der Waals surface area (Å²) < 4.78 is 39.9. The molecular formula is C28H38BrFN2O6. The summed E-state index contributed by atoms with van der Waals surface area (Å²) in [6.45, 7) is 4.36. The van der Waals surface area contributed by atoms with Crippen LogP contribution in [-0.2, 0) is 22.4 Å². The van der Waals surface area contributed by atoms with Gasteiger partial charge in [-0.1, -0.05) is 15.9 Å². The number of fused-ring (bicyclic) bond motifs is 1. The first-order valence-electron chi connectivity index (χ1n) is 12.9. The van der Waals surface area contributed by atoms with E-state index in [0.717, 1.165) is 54.9 Å². The Balaban J connectivity index is 1.38. The minimum Gasteiger partial charge on any atom is -0.493 e. The molecule has 1 aliphatic rings. The van der Waals surface area contributed by atoms with Gasteiger partial charge in [0.25, 0.3) is 5.91 Å². The third-order valence-electron chi connectivity index (χ3n) is 6.25. The maximum absolute atomic E-state index is 12.8. The van der Waals surface area contributed by atoms with Gasteiger partial charge in [0.15, 0.2) is 11.5 Å². The molecule has 0 unspecified atom stereocenters. The zero-order chi connectivity index (χ0) is 27.2. The molecule has 1 aliphatic heterocycles. The number of benzene rings is 2. The Kier molecular flexibility index (Phi) is 13.1. The van der Waals surface area contributed by atoms with Crippen LogP contribution in [0.4, 0.5) is 4.39 Å². The van der Waals surface area contributed by atoms with Crippen molar-refractivity contribution in [2.75, 3.05) is 73.6 Å². The number of hydrogen-bond donors (Lipinski definition) is 1. The third-order valence-corrected chi connectivity index (χ3v) is 6.74. The van der Waals surface area contributed by atoms with Crippen molar-refractivity contribution in [1.29, 1.82) is 0 Å². The molecule has 0 aliphatic carbocycles. The smallest absolute Gasteiger partial charge is 0.255 e. The number of amides is 1. The van der Waals surface area contributed by atoms with E-state index in [0.29, 0.717) is 44.3 Å². The first-order chi connectivity index (χ1) is 18.5. The van der Waals surface area contributed by atoms with Crippen molar-refractivity contribution in [3.8, 4) is 17.2 Å². The Morgan fingerprint density at radius 1 is 0.947 bits per heavy atom. The number of halogens is 2. The number of nitrogens with zero attached hydrogens (tertiary/aromatic N) is 1. The maximum atomic E-state index is 12.8. The molecule has 3 rings (SSSR count). The zero-order valence-corrected chi connectivity index (χ0v) is 23.8. The number of carbonyl (C=O) groups excluding carboxylic acids is 1. The van der Waals surface area contributed by atoms with Gasteiger partial charge in [-0.2, -0.15) is 0 Å². The largest absolute Gasteiger partial charge is 0.493 e. The van der Waals surface area contributed by atoms with Crippen molar-refractivity contribution in [2.24, 2.45) is 0 Å². The average molecular weight is 597 g/mol. The predicted octanol–water partition coefficient (Wildman–Crippen LogP) is 4.42. The van der Waals surface area contributed by atoms with Gasteiger partial charge >= 0.3 is 0 Å². The van der Waals surface area contributed by atoms with Gasteiger partial charge in [0.05, 0.1) is 46.2 Å². The van der Waals surface area contributed by atoms with Gasteiger partial charge in [0.2, 0.25) is 0 Å². The van der Waals surface area contributed by atoms with E-state index in [1.165, 1.54) is 11.1 Å². The molecule has 0 spiro atoms. The highest BCUT2D eigenvalue weighted by atomic mass is 79.9. The van der Waals surface area contributed by atoms with Crippen LogP contribution in [0.2, 0.25) is 0 Å². The second-order valence-corrected chi connectivity index (χ2v) is 9.78. The second kappa shape index (κ2) is 16.5. The minimum atomic E-state index is -0.503. The van der Waals surface area contributed by atoms with E-state index in [9.17, 15) is 9.18 Å². The normalized spacial score (nSPS) is 13.2. The molecule has 10 heteroatoms. The summed E-state index contributed by atoms with van der Waals surface area (Å²) in [4.78, 5) is 15.3. The highest BCUT2D eigenvalue weighted by Gasteiger charge is 2.19. The quantitative estimate of drug-likeness (QED) is 0.271. The molecule has 0 aromatic heterocycles. The molecule has 0 saturated carbocycles. The summed E-state index contributed by atoms with van der Waals surface area (Å²) in [7, 11) is 3.32. The van der Waals surface area contributed by atoms with E-state index in [2.05, 4.69) is 38.3 Å². The van der Waals surface area contributed by atoms with E-state index >= 15 is 0 Å². The summed E-state index contributed by atoms with van der Waals surface area (Å²) in [6, 6.07) is 9.51. The summed E-state index contributed by atoms with van der Waals surface area (Å²) in [5, 5.41) is 3.01. The van der Waals surface area contributed by atoms with Crippen LogP contribution in [0.1, 0.15) is 34.3 Å². The molecule has 1 amide bonds. The molecule has 0 radical (unpaired) electrons. The fraction of sp³-hybridized carbons (Fsp3) is 0.536. The molecular weight excluding hydrogens is 558 g/mol. The summed E-state index contributed by atoms with van der Waals surface area (Å²) in [5.74, 6) is 1.87. The second-order valence-electron chi connectivity index (χ2n) is 8.87. The SMILES string of the molecule is COc1cc2c(cc1OC)CN(CCCCNC(=O)c1cc(Br)ccc1OCCOCCOCC[18F])CC2. The third kappa shape index (κ3) is 9.41. The number of ether oxygens (including phenoxy) is 5. The average Bonchev–Trinajstić information content (AvgIpc) is 2.93. The lowest BCUT2D eigenvalue weighted by molar-refractivity contribution is 0.0324. The van der Waals surface area contributed by atoms with E-state index in [1.54, 1.807) is 26.4 Å². The molecule has 0 atom stereocenters. The lowest BCUT2D eigenvalue weighted by Crippen LogP contribution is -2.32. The molecule has 210 valence electrons. The lowest BCUT2D eigenvalue weighted by atomic mass is 9.98. The number of carbonyl (C=O) groups is 1. The summed E-state index contributed by atoms with van der Waals surface area (Å²) >= 11 is 3.43. The van der Waals surface area contributed by atoms with Gasteiger partial charge in [-0.25, -0.2) is 4.39 Å². The molecule has 2 aromatic rings. The van der Waals surface area contributed by atoms with E-state index in [1.807, 2.05) is 6.07 Å². The van der Waals surface area contributed by atoms with E-state index < -0.39 is 6.67 Å². The fourth-order valence-corrected chi connectivity index (χ4v) is 4.64. The fourth-order valence-electron chi connectivity index (χ4n) is 4.28. The minimum absolute atomic E-state index is 0.0790. The molecule has 0 saturated heterocycles. The molecule has 1 heterocycles. The predicted molar refractivity (Wildman–Crippen MR) is 147 cm³/mol. The molecule has 2 aromatic carbocycles. The van der Waals surface area contributed by atoms with Crippen LogP contribution in [-0.4, -0.2) is 84.4 Å². The number of unbranched alkanes of at least 4 members (excludes halogenated alkanes) is 1. The first kappa shape index (κ1) is 30.1. The molecule has 0 fully saturated rings. The Morgan fingerprint density at radius 3 is 2.39 bits per heavy atom. The van der Waals surface area contributed by atoms with Gasteiger partial charge in [-0.05, 0) is 67.3 Å². The standard InChI is InChI=1S/C28H38BrFN2O6/c1-34-26-17-21-7-11-32(20-22(21)18-27(26)35-2)10-4-3-9-31-28(33)24-19-23(29)5-6-25(24)38-16-15-37-14-13-36-12-8-30/h5-6,17-19H,3-4,7-16,20H2,1-2H3,(H,31,33)/i30-1. The van der Waals surface area contributed by atoms with Crippen molar-refractivity contribution in [3.05, 3.63) is 51.5 Å². The number of alkyl halides is 1. The van der Waals surface area contributed by atoms with Gasteiger partial charge in [-0.3, -0.25) is 9.69 Å². The first-order valence-corrected chi connectivity index (χ1v) is 13.7. The lowest BCUT2D eigenvalue weighted by Gasteiger charge is -2.29. The Labute approximate surface area is 232 Å². The van der Waals surface area contributed by atoms with E-state index in [-0.39, 0.29) is 12.5 Å². The van der Waals surface area contributed by atoms with Crippen molar-refractivity contribution < 1.29 is 32.9 Å². The van der Waals surface area contributed by atoms with Crippen molar-refractivity contribution >= 4 is 21.8 Å². The summed E-state index contributed by atoms with van der Waals surface area (Å²) in [5.41, 5.74) is 3.06. The monoisotopic (exact) mass is 595 g/mol. The Morgan fingerprint density at radius 2 is 1.66 bits per heavy atom. The highest BCUT2D eigenvalue weighted by molar-refractivity contribution is 9.10. The van der Waals surface area contributed by atoms with Crippen LogP contribution in [0.15, 0.2) is 34.8 Å². The number of methoxy groups -OCH3 is 2. The number of rotatable bonds is 17. The summed E-state index contributed by atoms with van der Waals surface area (Å²) in [6.07, 6.45) is 2.84. The van der Waals surface area contributed by atoms with Crippen LogP contribution in [0.5, 0.6) is 17.2 Å². The zero-order valence-electron chi connectivity index (χ0n) is 22.2. The van der Waals surface area contributed by atoms with Gasteiger partial charge in [-0.15, -0.1) is 0 Å². The van der Waals surface area contributed by atoms with Gasteiger partial charge < -0.3 is 29.0 Å². The van der Waals surface area contributed by atoms with E-state index in [4.69, 9.17) is 23.7 Å². The molecule has 38 heavy (non-hydrogen) atoms. The molecule has 8 nitrogen and oxygen atoms in total. The molecule has 0 bridgehead atoms. The Bertz CT molecular complexity index is 1030. The van der Waals surface area contributed by atoms with Crippen LogP contribution >= 0.6 is 15.9 Å². The van der Waals surface area contributed by atoms with Gasteiger partial charge in [0, 0.05) is 24.1 Å². The van der Waals surface area contributed by atoms with Crippen molar-refractivity contribution in [2.45, 2.75) is 25.8 Å². The maximum Gasteiger partial charge on any atom is 0.255 e. The topological polar surface area (TPSA) is 78.5 Å². The van der Waals surface area contributed by atoms with Crippen LogP contribution in [0.3, 0.4) is 0 Å². The van der Waals surface area contributed by atoms with Crippen molar-refractivity contribution in [1.82, 2.24) is 10.2 Å². The number of hydrogen-bond acceptors (Lipinski definition) is 7.